The van der Waals surface area contributed by atoms with Crippen LogP contribution in [0.25, 0.3) is 98.7 Å². The van der Waals surface area contributed by atoms with E-state index in [1.807, 2.05) is 0 Å². The van der Waals surface area contributed by atoms with Gasteiger partial charge in [-0.1, -0.05) is 240 Å². The summed E-state index contributed by atoms with van der Waals surface area (Å²) in [5, 5.41) is 9.96. The van der Waals surface area contributed by atoms with Gasteiger partial charge in [-0.3, -0.25) is 0 Å². The van der Waals surface area contributed by atoms with Gasteiger partial charge >= 0.3 is 0 Å². The Labute approximate surface area is 491 Å². The zero-order valence-electron chi connectivity index (χ0n) is 47.6. The van der Waals surface area contributed by atoms with Crippen LogP contribution < -0.4 is 9.80 Å². The first-order valence-corrected chi connectivity index (χ1v) is 29.5. The summed E-state index contributed by atoms with van der Waals surface area (Å²) in [6.45, 7) is 9.72. The Bertz CT molecular complexity index is 4820. The van der Waals surface area contributed by atoms with Gasteiger partial charge < -0.3 is 9.80 Å². The van der Waals surface area contributed by atoms with Crippen molar-refractivity contribution < 1.29 is 0 Å². The van der Waals surface area contributed by atoms with Crippen molar-refractivity contribution >= 4 is 77.2 Å². The number of hydrogen-bond donors (Lipinski definition) is 0. The zero-order chi connectivity index (χ0) is 56.3. The molecule has 0 saturated heterocycles. The zero-order valence-corrected chi connectivity index (χ0v) is 47.6. The number of rotatable bonds is 9. The molecule has 0 bridgehead atoms. The fourth-order valence-corrected chi connectivity index (χ4v) is 14.5. The second-order valence-corrected chi connectivity index (χ2v) is 24.0. The molecule has 0 aliphatic heterocycles. The van der Waals surface area contributed by atoms with E-state index in [9.17, 15) is 0 Å². The highest BCUT2D eigenvalue weighted by atomic mass is 15.1. The average molecular weight is 1070 g/mol. The number of benzene rings is 14. The molecule has 0 N–H and O–H groups in total. The minimum atomic E-state index is -0.285. The van der Waals surface area contributed by atoms with E-state index >= 15 is 0 Å². The molecule has 2 aliphatic rings. The van der Waals surface area contributed by atoms with Crippen molar-refractivity contribution in [2.75, 3.05) is 9.80 Å². The number of fused-ring (bicyclic) bond motifs is 11. The molecule has 0 saturated carbocycles. The van der Waals surface area contributed by atoms with Crippen LogP contribution in [-0.4, -0.2) is 0 Å². The van der Waals surface area contributed by atoms with Crippen molar-refractivity contribution in [2.24, 2.45) is 0 Å². The van der Waals surface area contributed by atoms with E-state index in [-0.39, 0.29) is 10.8 Å². The first-order valence-electron chi connectivity index (χ1n) is 29.5. The normalized spacial score (nSPS) is 13.4. The third kappa shape index (κ3) is 7.64. The molecule has 0 spiro atoms. The Kier molecular flexibility index (Phi) is 11.3. The van der Waals surface area contributed by atoms with E-state index in [0.717, 1.165) is 34.0 Å². The van der Waals surface area contributed by atoms with Crippen LogP contribution in [0.15, 0.2) is 291 Å². The Morgan fingerprint density at radius 2 is 0.667 bits per heavy atom. The Balaban J connectivity index is 0.825. The van der Waals surface area contributed by atoms with Gasteiger partial charge in [-0.15, -0.1) is 0 Å². The molecular formula is C82H60N2. The summed E-state index contributed by atoms with van der Waals surface area (Å²) in [5.74, 6) is 0. The van der Waals surface area contributed by atoms with Gasteiger partial charge in [0.25, 0.3) is 0 Å². The van der Waals surface area contributed by atoms with Gasteiger partial charge in [0.2, 0.25) is 0 Å². The average Bonchev–Trinajstić information content (AvgIpc) is 1.59. The summed E-state index contributed by atoms with van der Waals surface area (Å²) >= 11 is 0. The van der Waals surface area contributed by atoms with Crippen molar-refractivity contribution in [1.82, 2.24) is 0 Å². The van der Waals surface area contributed by atoms with Crippen molar-refractivity contribution in [3.8, 4) is 55.6 Å². The van der Waals surface area contributed by atoms with E-state index in [1.165, 1.54) is 121 Å². The standard InChI is InChI=1S/C82H60N2/c1-81(2)74-49-60(44-45-66(74)72-50-76-73(51-75(72)81)80-70-39-19-18-38-67(70)78(52-77(80)82(76,3)4)84(57-31-10-6-11-32-57)58-33-12-7-13-34-58)83(56-29-8-5-9-30-56)59-35-20-28-55(48-59)63-46-47-71(65-41-22-27-54-25-15-17-37-62(54)65)79-68(63)42-23-43-69(79)64-40-21-26-53-24-14-16-36-61(53)64/h5-52H,1-4H3. The number of para-hydroxylation sites is 3. The van der Waals surface area contributed by atoms with Gasteiger partial charge in [0.1, 0.15) is 0 Å². The van der Waals surface area contributed by atoms with Crippen molar-refractivity contribution in [3.63, 3.8) is 0 Å². The minimum Gasteiger partial charge on any atom is -0.310 e. The maximum atomic E-state index is 2.57. The van der Waals surface area contributed by atoms with E-state index in [2.05, 4.69) is 329 Å². The smallest absolute Gasteiger partial charge is 0.0543 e. The van der Waals surface area contributed by atoms with Gasteiger partial charge in [-0.2, -0.15) is 0 Å². The SMILES string of the molecule is CC1(C)c2cc(N(c3ccccc3)c3cccc(-c4ccc(-c5cccc6ccccc56)c5c(-c6cccc7ccccc67)cccc45)c3)ccc2-c2cc3c(cc21)-c1c(cc(N(c2ccccc2)c2ccccc2)c2ccccc12)C3(C)C. The molecule has 84 heavy (non-hydrogen) atoms. The molecule has 0 amide bonds. The topological polar surface area (TPSA) is 6.48 Å². The van der Waals surface area contributed by atoms with Crippen molar-refractivity contribution in [1.29, 1.82) is 0 Å². The number of hydrogen-bond acceptors (Lipinski definition) is 2. The first kappa shape index (κ1) is 49.5. The van der Waals surface area contributed by atoms with E-state index < -0.39 is 0 Å². The highest BCUT2D eigenvalue weighted by Gasteiger charge is 2.43. The molecule has 0 fully saturated rings. The van der Waals surface area contributed by atoms with Crippen LogP contribution in [0.1, 0.15) is 49.9 Å². The van der Waals surface area contributed by atoms with Gasteiger partial charge in [-0.25, -0.2) is 0 Å². The lowest BCUT2D eigenvalue weighted by molar-refractivity contribution is 0.652. The van der Waals surface area contributed by atoms with Gasteiger partial charge in [-0.05, 0) is 194 Å². The van der Waals surface area contributed by atoms with Crippen molar-refractivity contribution in [2.45, 2.75) is 38.5 Å². The first-order chi connectivity index (χ1) is 41.2. The summed E-state index contributed by atoms with van der Waals surface area (Å²) in [6.07, 6.45) is 0. The second kappa shape index (κ2) is 19.2. The molecule has 16 rings (SSSR count). The molecule has 2 heteroatoms. The number of nitrogens with zero attached hydrogens (tertiary/aromatic N) is 2. The molecule has 2 nitrogen and oxygen atoms in total. The predicted octanol–water partition coefficient (Wildman–Crippen LogP) is 22.9. The Hall–Kier alpha value is -10.3. The lowest BCUT2D eigenvalue weighted by atomic mass is 9.79. The largest absolute Gasteiger partial charge is 0.310 e. The van der Waals surface area contributed by atoms with Crippen LogP contribution in [0.4, 0.5) is 34.1 Å². The van der Waals surface area contributed by atoms with E-state index in [4.69, 9.17) is 0 Å². The highest BCUT2D eigenvalue weighted by molar-refractivity contribution is 6.17. The van der Waals surface area contributed by atoms with Gasteiger partial charge in [0, 0.05) is 44.7 Å². The fraction of sp³-hybridized carbons (Fsp3) is 0.0732. The molecule has 14 aromatic carbocycles. The maximum absolute atomic E-state index is 2.57. The minimum absolute atomic E-state index is 0.265. The monoisotopic (exact) mass is 1070 g/mol. The highest BCUT2D eigenvalue weighted by Crippen LogP contribution is 2.60. The molecule has 398 valence electrons. The lowest BCUT2D eigenvalue weighted by Gasteiger charge is -2.29. The quantitative estimate of drug-likeness (QED) is 0.142. The lowest BCUT2D eigenvalue weighted by Crippen LogP contribution is -2.18. The molecule has 0 radical (unpaired) electrons. The molecule has 2 aliphatic carbocycles. The molecule has 0 unspecified atom stereocenters. The molecule has 0 heterocycles. The maximum Gasteiger partial charge on any atom is 0.0543 e. The Morgan fingerprint density at radius 1 is 0.238 bits per heavy atom. The summed E-state index contributed by atoms with van der Waals surface area (Å²) in [4.78, 5) is 4.89. The molecule has 14 aromatic rings. The van der Waals surface area contributed by atoms with Crippen LogP contribution in [0.3, 0.4) is 0 Å². The summed E-state index contributed by atoms with van der Waals surface area (Å²) in [7, 11) is 0. The van der Waals surface area contributed by atoms with Crippen LogP contribution in [0.5, 0.6) is 0 Å². The second-order valence-electron chi connectivity index (χ2n) is 24.0. The van der Waals surface area contributed by atoms with E-state index in [1.54, 1.807) is 0 Å². The molecule has 0 aromatic heterocycles. The molecular weight excluding hydrogens is 1010 g/mol. The third-order valence-corrected chi connectivity index (χ3v) is 18.6. The van der Waals surface area contributed by atoms with E-state index in [0.29, 0.717) is 0 Å². The number of anilines is 6. The fourth-order valence-electron chi connectivity index (χ4n) is 14.5. The van der Waals surface area contributed by atoms with Crippen LogP contribution in [-0.2, 0) is 10.8 Å². The van der Waals surface area contributed by atoms with Crippen LogP contribution in [0.2, 0.25) is 0 Å². The summed E-state index contributed by atoms with van der Waals surface area (Å²) < 4.78 is 0. The Morgan fingerprint density at radius 3 is 1.32 bits per heavy atom. The van der Waals surface area contributed by atoms with Crippen molar-refractivity contribution in [3.05, 3.63) is 313 Å². The van der Waals surface area contributed by atoms with Crippen LogP contribution >= 0.6 is 0 Å². The van der Waals surface area contributed by atoms with Gasteiger partial charge in [0.15, 0.2) is 0 Å². The third-order valence-electron chi connectivity index (χ3n) is 18.6. The summed E-state index contributed by atoms with van der Waals surface area (Å²) in [5.41, 5.74) is 24.3. The molecule has 0 atom stereocenters. The predicted molar refractivity (Wildman–Crippen MR) is 357 cm³/mol. The van der Waals surface area contributed by atoms with Crippen LogP contribution in [0, 0.1) is 0 Å². The summed E-state index contributed by atoms with van der Waals surface area (Å²) in [6, 6.07) is 108. The van der Waals surface area contributed by atoms with Gasteiger partial charge in [0.05, 0.1) is 5.69 Å².